The van der Waals surface area contributed by atoms with E-state index in [9.17, 15) is 8.42 Å². The Morgan fingerprint density at radius 1 is 1.00 bits per heavy atom. The first kappa shape index (κ1) is 16.8. The van der Waals surface area contributed by atoms with Crippen molar-refractivity contribution in [2.45, 2.75) is 11.4 Å². The van der Waals surface area contributed by atoms with Crippen LogP contribution in [0.5, 0.6) is 11.5 Å². The highest BCUT2D eigenvalue weighted by Crippen LogP contribution is 2.27. The maximum absolute atomic E-state index is 12.2. The van der Waals surface area contributed by atoms with Crippen molar-refractivity contribution in [3.63, 3.8) is 0 Å². The highest BCUT2D eigenvalue weighted by atomic mass is 79.9. The van der Waals surface area contributed by atoms with Gasteiger partial charge in [-0.25, -0.2) is 13.1 Å². The van der Waals surface area contributed by atoms with Crippen molar-refractivity contribution in [3.8, 4) is 11.5 Å². The van der Waals surface area contributed by atoms with Crippen LogP contribution in [-0.4, -0.2) is 22.6 Å². The Morgan fingerprint density at radius 3 is 2.23 bits per heavy atom. The molecule has 0 saturated carbocycles. The molecule has 0 spiro atoms. The number of hydrogen-bond acceptors (Lipinski definition) is 4. The molecule has 0 fully saturated rings. The van der Waals surface area contributed by atoms with Gasteiger partial charge in [0.25, 0.3) is 0 Å². The van der Waals surface area contributed by atoms with E-state index < -0.39 is 10.0 Å². The van der Waals surface area contributed by atoms with Gasteiger partial charge in [-0.05, 0) is 42.0 Å². The molecule has 1 N–H and O–H groups in total. The summed E-state index contributed by atoms with van der Waals surface area (Å²) in [5.41, 5.74) is 0.776. The first-order chi connectivity index (χ1) is 10.5. The summed E-state index contributed by atoms with van der Waals surface area (Å²) in [4.78, 5) is 0.219. The van der Waals surface area contributed by atoms with Gasteiger partial charge >= 0.3 is 0 Å². The van der Waals surface area contributed by atoms with Gasteiger partial charge in [0, 0.05) is 11.0 Å². The molecule has 0 radical (unpaired) electrons. The highest BCUT2D eigenvalue weighted by molar-refractivity contribution is 9.10. The summed E-state index contributed by atoms with van der Waals surface area (Å²) < 4.78 is 38.2. The average molecular weight is 386 g/mol. The molecule has 0 aliphatic rings. The summed E-state index contributed by atoms with van der Waals surface area (Å²) >= 11 is 3.28. The molecule has 0 aromatic heterocycles. The maximum Gasteiger partial charge on any atom is 0.240 e. The smallest absolute Gasteiger partial charge is 0.240 e. The zero-order valence-electron chi connectivity index (χ0n) is 12.2. The maximum atomic E-state index is 12.2. The molecular weight excluding hydrogens is 370 g/mol. The topological polar surface area (TPSA) is 64.6 Å². The molecule has 7 heteroatoms. The molecule has 22 heavy (non-hydrogen) atoms. The van der Waals surface area contributed by atoms with E-state index in [2.05, 4.69) is 20.7 Å². The molecule has 0 bridgehead atoms. The largest absolute Gasteiger partial charge is 0.493 e. The molecule has 2 aromatic carbocycles. The van der Waals surface area contributed by atoms with Crippen LogP contribution in [0.25, 0.3) is 0 Å². The lowest BCUT2D eigenvalue weighted by Crippen LogP contribution is -2.23. The predicted octanol–water partition coefficient (Wildman–Crippen LogP) is 2.94. The zero-order chi connectivity index (χ0) is 16.2. The van der Waals surface area contributed by atoms with Gasteiger partial charge < -0.3 is 9.47 Å². The van der Waals surface area contributed by atoms with Crippen LogP contribution in [0.15, 0.2) is 51.8 Å². The molecular formula is C15H16BrNO4S. The van der Waals surface area contributed by atoms with Gasteiger partial charge in [0.2, 0.25) is 10.0 Å². The Balaban J connectivity index is 2.13. The van der Waals surface area contributed by atoms with Gasteiger partial charge in [-0.1, -0.05) is 22.0 Å². The third-order valence-corrected chi connectivity index (χ3v) is 4.98. The van der Waals surface area contributed by atoms with Crippen molar-refractivity contribution in [2.24, 2.45) is 0 Å². The Hall–Kier alpha value is -1.57. The van der Waals surface area contributed by atoms with Gasteiger partial charge in [-0.15, -0.1) is 0 Å². The number of sulfonamides is 1. The van der Waals surface area contributed by atoms with Crippen molar-refractivity contribution in [1.29, 1.82) is 0 Å². The molecule has 118 valence electrons. The minimum absolute atomic E-state index is 0.165. The average Bonchev–Trinajstić information content (AvgIpc) is 2.53. The number of benzene rings is 2. The molecule has 2 rings (SSSR count). The Morgan fingerprint density at radius 2 is 1.64 bits per heavy atom. The number of rotatable bonds is 6. The second kappa shape index (κ2) is 7.13. The second-order valence-corrected chi connectivity index (χ2v) is 7.15. The number of hydrogen-bond donors (Lipinski definition) is 1. The molecule has 0 heterocycles. The third-order valence-electron chi connectivity index (χ3n) is 3.04. The van der Waals surface area contributed by atoms with Crippen LogP contribution in [0.4, 0.5) is 0 Å². The minimum atomic E-state index is -3.55. The summed E-state index contributed by atoms with van der Waals surface area (Å²) in [6, 6.07) is 11.7. The molecule has 0 amide bonds. The van der Waals surface area contributed by atoms with E-state index in [1.807, 2.05) is 0 Å². The van der Waals surface area contributed by atoms with Crippen molar-refractivity contribution in [1.82, 2.24) is 4.72 Å². The zero-order valence-corrected chi connectivity index (χ0v) is 14.6. The van der Waals surface area contributed by atoms with Crippen LogP contribution in [0.3, 0.4) is 0 Å². The van der Waals surface area contributed by atoms with Crippen LogP contribution in [-0.2, 0) is 16.6 Å². The number of ether oxygens (including phenoxy) is 2. The first-order valence-corrected chi connectivity index (χ1v) is 8.70. The number of nitrogens with one attached hydrogen (secondary N) is 1. The normalized spacial score (nSPS) is 11.2. The standard InChI is InChI=1S/C15H16BrNO4S/c1-20-14-8-3-11(9-15(14)21-2)10-17-22(18,19)13-6-4-12(16)5-7-13/h3-9,17H,10H2,1-2H3. The van der Waals surface area contributed by atoms with Crippen molar-refractivity contribution < 1.29 is 17.9 Å². The lowest BCUT2D eigenvalue weighted by molar-refractivity contribution is 0.354. The molecule has 0 saturated heterocycles. The van der Waals surface area contributed by atoms with E-state index in [0.29, 0.717) is 11.5 Å². The van der Waals surface area contributed by atoms with E-state index in [0.717, 1.165) is 10.0 Å². The monoisotopic (exact) mass is 385 g/mol. The summed E-state index contributed by atoms with van der Waals surface area (Å²) in [6.45, 7) is 0.165. The van der Waals surface area contributed by atoms with Crippen LogP contribution in [0.1, 0.15) is 5.56 Å². The lowest BCUT2D eigenvalue weighted by Gasteiger charge is -2.11. The fourth-order valence-electron chi connectivity index (χ4n) is 1.87. The van der Waals surface area contributed by atoms with Gasteiger partial charge in [0.05, 0.1) is 19.1 Å². The SMILES string of the molecule is COc1ccc(CNS(=O)(=O)c2ccc(Br)cc2)cc1OC. The van der Waals surface area contributed by atoms with Crippen molar-refractivity contribution in [2.75, 3.05) is 14.2 Å². The molecule has 0 unspecified atom stereocenters. The quantitative estimate of drug-likeness (QED) is 0.829. The summed E-state index contributed by atoms with van der Waals surface area (Å²) in [5, 5.41) is 0. The Kier molecular flexibility index (Phi) is 5.44. The Bertz CT molecular complexity index is 745. The Labute approximate surface area is 138 Å². The van der Waals surface area contributed by atoms with E-state index in [-0.39, 0.29) is 11.4 Å². The highest BCUT2D eigenvalue weighted by Gasteiger charge is 2.14. The van der Waals surface area contributed by atoms with Crippen molar-refractivity contribution in [3.05, 3.63) is 52.5 Å². The summed E-state index contributed by atoms with van der Waals surface area (Å²) in [5.74, 6) is 1.16. The predicted molar refractivity (Wildman–Crippen MR) is 87.7 cm³/mol. The number of methoxy groups -OCH3 is 2. The van der Waals surface area contributed by atoms with Crippen LogP contribution in [0.2, 0.25) is 0 Å². The van der Waals surface area contributed by atoms with Crippen LogP contribution < -0.4 is 14.2 Å². The minimum Gasteiger partial charge on any atom is -0.493 e. The van der Waals surface area contributed by atoms with Gasteiger partial charge in [0.1, 0.15) is 0 Å². The van der Waals surface area contributed by atoms with E-state index in [4.69, 9.17) is 9.47 Å². The third kappa shape index (κ3) is 4.00. The summed E-state index contributed by atoms with van der Waals surface area (Å²) in [7, 11) is -0.469. The molecule has 0 atom stereocenters. The van der Waals surface area contributed by atoms with Crippen LogP contribution >= 0.6 is 15.9 Å². The molecule has 0 aliphatic carbocycles. The summed E-state index contributed by atoms with van der Waals surface area (Å²) in [6.07, 6.45) is 0. The fourth-order valence-corrected chi connectivity index (χ4v) is 3.15. The van der Waals surface area contributed by atoms with E-state index in [1.54, 1.807) is 49.6 Å². The van der Waals surface area contributed by atoms with Crippen molar-refractivity contribution >= 4 is 26.0 Å². The number of halogens is 1. The molecule has 0 aliphatic heterocycles. The van der Waals surface area contributed by atoms with E-state index >= 15 is 0 Å². The lowest BCUT2D eigenvalue weighted by atomic mass is 10.2. The molecule has 2 aromatic rings. The first-order valence-electron chi connectivity index (χ1n) is 6.42. The van der Waals surface area contributed by atoms with Gasteiger partial charge in [-0.3, -0.25) is 0 Å². The van der Waals surface area contributed by atoms with E-state index in [1.165, 1.54) is 7.11 Å². The molecule has 5 nitrogen and oxygen atoms in total. The van der Waals surface area contributed by atoms with Crippen LogP contribution in [0, 0.1) is 0 Å². The van der Waals surface area contributed by atoms with Gasteiger partial charge in [-0.2, -0.15) is 0 Å². The van der Waals surface area contributed by atoms with Gasteiger partial charge in [0.15, 0.2) is 11.5 Å². The fraction of sp³-hybridized carbons (Fsp3) is 0.200. The second-order valence-electron chi connectivity index (χ2n) is 4.47.